The van der Waals surface area contributed by atoms with Gasteiger partial charge >= 0.3 is 5.97 Å². The highest BCUT2D eigenvalue weighted by Crippen LogP contribution is 2.13. The van der Waals surface area contributed by atoms with Crippen LogP contribution in [0.5, 0.6) is 0 Å². The first-order valence-corrected chi connectivity index (χ1v) is 11.8. The molecular formula is C25H41NO4. The first-order valence-electron chi connectivity index (χ1n) is 11.8. The van der Waals surface area contributed by atoms with Crippen LogP contribution in [-0.2, 0) is 20.9 Å². The van der Waals surface area contributed by atoms with Crippen molar-refractivity contribution in [1.29, 1.82) is 0 Å². The third-order valence-corrected chi connectivity index (χ3v) is 5.23. The van der Waals surface area contributed by atoms with Gasteiger partial charge in [-0.2, -0.15) is 0 Å². The van der Waals surface area contributed by atoms with Crippen LogP contribution in [0.3, 0.4) is 0 Å². The third kappa shape index (κ3) is 15.0. The second-order valence-electron chi connectivity index (χ2n) is 8.11. The van der Waals surface area contributed by atoms with E-state index >= 15 is 0 Å². The molecule has 0 saturated carbocycles. The maximum atomic E-state index is 11.9. The van der Waals surface area contributed by atoms with E-state index in [9.17, 15) is 14.7 Å². The number of carbonyl (C=O) groups is 2. The molecular weight excluding hydrogens is 378 g/mol. The molecule has 0 aliphatic carbocycles. The largest absolute Gasteiger partial charge is 0.460 e. The zero-order valence-corrected chi connectivity index (χ0v) is 18.7. The third-order valence-electron chi connectivity index (χ3n) is 5.23. The molecule has 0 aliphatic rings. The van der Waals surface area contributed by atoms with Crippen molar-refractivity contribution in [2.45, 2.75) is 103 Å². The van der Waals surface area contributed by atoms with E-state index in [0.717, 1.165) is 18.4 Å². The Hall–Kier alpha value is -1.88. The molecule has 170 valence electrons. The average molecular weight is 420 g/mol. The smallest absolute Gasteiger partial charge is 0.325 e. The van der Waals surface area contributed by atoms with Crippen LogP contribution in [0, 0.1) is 0 Å². The van der Waals surface area contributed by atoms with Crippen LogP contribution in [0.2, 0.25) is 0 Å². The normalized spacial score (nSPS) is 11.8. The number of aliphatic hydroxyl groups excluding tert-OH is 1. The molecule has 2 N–H and O–H groups in total. The molecule has 0 spiro atoms. The van der Waals surface area contributed by atoms with Crippen molar-refractivity contribution in [1.82, 2.24) is 5.32 Å². The summed E-state index contributed by atoms with van der Waals surface area (Å²) in [5, 5.41) is 12.5. The second kappa shape index (κ2) is 17.9. The van der Waals surface area contributed by atoms with Crippen LogP contribution < -0.4 is 5.32 Å². The van der Waals surface area contributed by atoms with Crippen molar-refractivity contribution in [3.05, 3.63) is 35.9 Å². The summed E-state index contributed by atoms with van der Waals surface area (Å²) in [7, 11) is 0. The summed E-state index contributed by atoms with van der Waals surface area (Å²) < 4.78 is 5.11. The SMILES string of the molecule is CCCCCCCCCCCCCC(O)CC(=O)NCC(=O)OCc1ccccc1. The molecule has 1 aromatic carbocycles. The molecule has 5 nitrogen and oxygen atoms in total. The molecule has 0 radical (unpaired) electrons. The van der Waals surface area contributed by atoms with Gasteiger partial charge in [-0.3, -0.25) is 9.59 Å². The number of carbonyl (C=O) groups excluding carboxylic acids is 2. The Balaban J connectivity index is 1.94. The summed E-state index contributed by atoms with van der Waals surface area (Å²) in [6, 6.07) is 9.39. The number of esters is 1. The van der Waals surface area contributed by atoms with Crippen molar-refractivity contribution in [3.63, 3.8) is 0 Å². The number of aliphatic hydroxyl groups is 1. The number of hydrogen-bond acceptors (Lipinski definition) is 4. The van der Waals surface area contributed by atoms with Crippen LogP contribution in [-0.4, -0.2) is 29.6 Å². The second-order valence-corrected chi connectivity index (χ2v) is 8.11. The molecule has 0 aliphatic heterocycles. The molecule has 0 saturated heterocycles. The lowest BCUT2D eigenvalue weighted by Crippen LogP contribution is -2.32. The van der Waals surface area contributed by atoms with E-state index in [1.165, 1.54) is 57.8 Å². The monoisotopic (exact) mass is 419 g/mol. The topological polar surface area (TPSA) is 75.6 Å². The molecule has 1 aromatic rings. The van der Waals surface area contributed by atoms with Gasteiger partial charge < -0.3 is 15.2 Å². The van der Waals surface area contributed by atoms with Crippen molar-refractivity contribution in [2.24, 2.45) is 0 Å². The molecule has 0 aromatic heterocycles. The van der Waals surface area contributed by atoms with Gasteiger partial charge in [-0.05, 0) is 12.0 Å². The fourth-order valence-corrected chi connectivity index (χ4v) is 3.39. The van der Waals surface area contributed by atoms with E-state index in [4.69, 9.17) is 4.74 Å². The van der Waals surface area contributed by atoms with E-state index < -0.39 is 12.1 Å². The van der Waals surface area contributed by atoms with Crippen molar-refractivity contribution < 1.29 is 19.4 Å². The number of benzene rings is 1. The van der Waals surface area contributed by atoms with Gasteiger partial charge in [0.2, 0.25) is 5.91 Å². The fourth-order valence-electron chi connectivity index (χ4n) is 3.39. The van der Waals surface area contributed by atoms with Crippen LogP contribution in [0.4, 0.5) is 0 Å². The Morgan fingerprint density at radius 2 is 1.47 bits per heavy atom. The molecule has 0 heterocycles. The Labute approximate surface area is 182 Å². The van der Waals surface area contributed by atoms with Crippen molar-refractivity contribution >= 4 is 11.9 Å². The van der Waals surface area contributed by atoms with E-state index in [2.05, 4.69) is 12.2 Å². The summed E-state index contributed by atoms with van der Waals surface area (Å²) in [6.45, 7) is 2.27. The van der Waals surface area contributed by atoms with Gasteiger partial charge in [0, 0.05) is 0 Å². The number of rotatable bonds is 18. The predicted octanol–water partition coefficient (Wildman–Crippen LogP) is 5.30. The van der Waals surface area contributed by atoms with Crippen LogP contribution in [0.15, 0.2) is 30.3 Å². The van der Waals surface area contributed by atoms with Crippen molar-refractivity contribution in [2.75, 3.05) is 6.54 Å². The maximum Gasteiger partial charge on any atom is 0.325 e. The lowest BCUT2D eigenvalue weighted by Gasteiger charge is -2.11. The van der Waals surface area contributed by atoms with E-state index in [0.29, 0.717) is 6.42 Å². The van der Waals surface area contributed by atoms with E-state index in [-0.39, 0.29) is 25.5 Å². The highest BCUT2D eigenvalue weighted by molar-refractivity contribution is 5.82. The standard InChI is InChI=1S/C25H41NO4/c1-2-3-4-5-6-7-8-9-10-11-15-18-23(27)19-24(28)26-20-25(29)30-21-22-16-13-12-14-17-22/h12-14,16-17,23,27H,2-11,15,18-21H2,1H3,(H,26,28). The van der Waals surface area contributed by atoms with Gasteiger partial charge in [0.15, 0.2) is 0 Å². The first-order chi connectivity index (χ1) is 14.6. The lowest BCUT2D eigenvalue weighted by molar-refractivity contribution is -0.145. The number of ether oxygens (including phenoxy) is 1. The van der Waals surface area contributed by atoms with Crippen molar-refractivity contribution in [3.8, 4) is 0 Å². The Bertz CT molecular complexity index is 562. The number of amides is 1. The summed E-state index contributed by atoms with van der Waals surface area (Å²) in [5.74, 6) is -0.797. The predicted molar refractivity (Wildman–Crippen MR) is 121 cm³/mol. The Morgan fingerprint density at radius 3 is 2.07 bits per heavy atom. The molecule has 1 unspecified atom stereocenters. The van der Waals surface area contributed by atoms with Gasteiger partial charge in [0.25, 0.3) is 0 Å². The van der Waals surface area contributed by atoms with Gasteiger partial charge in [-0.25, -0.2) is 0 Å². The van der Waals surface area contributed by atoms with E-state index in [1.54, 1.807) is 0 Å². The van der Waals surface area contributed by atoms with Gasteiger partial charge in [0.05, 0.1) is 12.5 Å². The average Bonchev–Trinajstić information content (AvgIpc) is 2.75. The van der Waals surface area contributed by atoms with Gasteiger partial charge in [-0.1, -0.05) is 108 Å². The van der Waals surface area contributed by atoms with E-state index in [1.807, 2.05) is 30.3 Å². The summed E-state index contributed by atoms with van der Waals surface area (Å²) in [5.41, 5.74) is 0.902. The summed E-state index contributed by atoms with van der Waals surface area (Å²) >= 11 is 0. The minimum Gasteiger partial charge on any atom is -0.460 e. The van der Waals surface area contributed by atoms with Crippen LogP contribution in [0.1, 0.15) is 96.0 Å². The number of nitrogens with one attached hydrogen (secondary N) is 1. The minimum atomic E-state index is -0.649. The quantitative estimate of drug-likeness (QED) is 0.250. The van der Waals surface area contributed by atoms with Gasteiger partial charge in [-0.15, -0.1) is 0 Å². The summed E-state index contributed by atoms with van der Waals surface area (Å²) in [6.07, 6.45) is 13.9. The lowest BCUT2D eigenvalue weighted by atomic mass is 10.0. The van der Waals surface area contributed by atoms with Crippen LogP contribution in [0.25, 0.3) is 0 Å². The zero-order chi connectivity index (χ0) is 21.9. The maximum absolute atomic E-state index is 11.9. The molecule has 1 amide bonds. The van der Waals surface area contributed by atoms with Crippen LogP contribution >= 0.6 is 0 Å². The van der Waals surface area contributed by atoms with Gasteiger partial charge in [0.1, 0.15) is 13.2 Å². The Morgan fingerprint density at radius 1 is 0.900 bits per heavy atom. The first kappa shape index (κ1) is 26.2. The number of unbranched alkanes of at least 4 members (excludes halogenated alkanes) is 10. The molecule has 0 bridgehead atoms. The molecule has 5 heteroatoms. The highest BCUT2D eigenvalue weighted by Gasteiger charge is 2.12. The fraction of sp³-hybridized carbons (Fsp3) is 0.680. The molecule has 1 atom stereocenters. The molecule has 0 fully saturated rings. The molecule has 30 heavy (non-hydrogen) atoms. The minimum absolute atomic E-state index is 0.0315. The summed E-state index contributed by atoms with van der Waals surface area (Å²) in [4.78, 5) is 23.5. The zero-order valence-electron chi connectivity index (χ0n) is 18.7. The Kier molecular flexibility index (Phi) is 15.6. The number of hydrogen-bond donors (Lipinski definition) is 2. The highest BCUT2D eigenvalue weighted by atomic mass is 16.5. The molecule has 1 rings (SSSR count).